The van der Waals surface area contributed by atoms with E-state index < -0.39 is 5.82 Å². The fourth-order valence-corrected chi connectivity index (χ4v) is 3.02. The van der Waals surface area contributed by atoms with Crippen LogP contribution in [-0.4, -0.2) is 21.2 Å². The Balaban J connectivity index is 1.67. The largest absolute Gasteiger partial charge is 0.323 e. The third-order valence-electron chi connectivity index (χ3n) is 3.37. The predicted molar refractivity (Wildman–Crippen MR) is 94.1 cm³/mol. The van der Waals surface area contributed by atoms with Crippen molar-refractivity contribution in [3.8, 4) is 5.69 Å². The van der Waals surface area contributed by atoms with Crippen LogP contribution in [0.1, 0.15) is 5.56 Å². The topological polar surface area (TPSA) is 46.9 Å². The lowest BCUT2D eigenvalue weighted by Gasteiger charge is -2.09. The number of benzene rings is 2. The van der Waals surface area contributed by atoms with Crippen molar-refractivity contribution < 1.29 is 9.18 Å². The molecule has 0 aliphatic carbocycles. The zero-order valence-corrected chi connectivity index (χ0v) is 13.9. The lowest BCUT2D eigenvalue weighted by Crippen LogP contribution is -2.15. The number of para-hydroxylation sites is 1. The predicted octanol–water partition coefficient (Wildman–Crippen LogP) is 4.05. The van der Waals surface area contributed by atoms with Gasteiger partial charge in [-0.05, 0) is 36.8 Å². The van der Waals surface area contributed by atoms with Crippen LogP contribution in [0.15, 0.2) is 66.1 Å². The number of aromatic nitrogens is 2. The first-order valence-corrected chi connectivity index (χ1v) is 8.39. The van der Waals surface area contributed by atoms with Gasteiger partial charge in [-0.3, -0.25) is 9.36 Å². The first-order valence-electron chi connectivity index (χ1n) is 7.41. The molecule has 24 heavy (non-hydrogen) atoms. The van der Waals surface area contributed by atoms with Crippen LogP contribution in [0.3, 0.4) is 0 Å². The molecule has 0 radical (unpaired) electrons. The third kappa shape index (κ3) is 3.83. The Bertz CT molecular complexity index is 863. The highest BCUT2D eigenvalue weighted by Gasteiger charge is 2.11. The van der Waals surface area contributed by atoms with E-state index in [2.05, 4.69) is 10.3 Å². The number of halogens is 1. The zero-order valence-electron chi connectivity index (χ0n) is 13.1. The average Bonchev–Trinajstić information content (AvgIpc) is 3.04. The average molecular weight is 341 g/mol. The fraction of sp³-hybridized carbons (Fsp3) is 0.111. The maximum Gasteiger partial charge on any atom is 0.234 e. The van der Waals surface area contributed by atoms with E-state index in [0.717, 1.165) is 11.3 Å². The van der Waals surface area contributed by atoms with Crippen LogP contribution >= 0.6 is 11.8 Å². The standard InChI is InChI=1S/C18H16FN3OS/c1-13-5-4-6-14(11-13)22-10-9-20-18(22)24-12-17(23)21-16-8-3-2-7-15(16)19/h2-11H,12H2,1H3,(H,21,23). The minimum atomic E-state index is -0.447. The van der Waals surface area contributed by atoms with Crippen molar-refractivity contribution in [2.45, 2.75) is 12.1 Å². The third-order valence-corrected chi connectivity index (χ3v) is 4.33. The Morgan fingerprint density at radius 1 is 1.25 bits per heavy atom. The van der Waals surface area contributed by atoms with Gasteiger partial charge in [-0.25, -0.2) is 9.37 Å². The molecule has 0 atom stereocenters. The van der Waals surface area contributed by atoms with Crippen LogP contribution in [0.5, 0.6) is 0 Å². The number of amides is 1. The number of hydrogen-bond acceptors (Lipinski definition) is 3. The highest BCUT2D eigenvalue weighted by molar-refractivity contribution is 7.99. The lowest BCUT2D eigenvalue weighted by molar-refractivity contribution is -0.113. The fourth-order valence-electron chi connectivity index (χ4n) is 2.25. The molecule has 0 unspecified atom stereocenters. The summed E-state index contributed by atoms with van der Waals surface area (Å²) in [5.41, 5.74) is 2.32. The molecule has 0 spiro atoms. The molecule has 3 aromatic rings. The molecule has 0 saturated heterocycles. The molecule has 0 aliphatic rings. The molecular weight excluding hydrogens is 325 g/mol. The van der Waals surface area contributed by atoms with Crippen molar-refractivity contribution in [3.63, 3.8) is 0 Å². The molecule has 1 N–H and O–H groups in total. The van der Waals surface area contributed by atoms with E-state index >= 15 is 0 Å². The second-order valence-corrected chi connectivity index (χ2v) is 6.18. The first kappa shape index (κ1) is 16.3. The maximum absolute atomic E-state index is 13.5. The van der Waals surface area contributed by atoms with Gasteiger partial charge in [0.25, 0.3) is 0 Å². The summed E-state index contributed by atoms with van der Waals surface area (Å²) in [5.74, 6) is -0.571. The zero-order chi connectivity index (χ0) is 16.9. The van der Waals surface area contributed by atoms with Gasteiger partial charge in [-0.15, -0.1) is 0 Å². The van der Waals surface area contributed by atoms with Crippen molar-refractivity contribution >= 4 is 23.4 Å². The molecule has 0 aliphatic heterocycles. The number of carbonyl (C=O) groups is 1. The van der Waals surface area contributed by atoms with Gasteiger partial charge in [-0.1, -0.05) is 36.0 Å². The molecular formula is C18H16FN3OS. The summed E-state index contributed by atoms with van der Waals surface area (Å²) in [4.78, 5) is 16.3. The minimum Gasteiger partial charge on any atom is -0.323 e. The van der Waals surface area contributed by atoms with E-state index in [9.17, 15) is 9.18 Å². The van der Waals surface area contributed by atoms with E-state index in [1.54, 1.807) is 18.3 Å². The van der Waals surface area contributed by atoms with E-state index in [-0.39, 0.29) is 17.3 Å². The molecule has 2 aromatic carbocycles. The number of aryl methyl sites for hydroxylation is 1. The Morgan fingerprint density at radius 2 is 2.08 bits per heavy atom. The van der Waals surface area contributed by atoms with Crippen LogP contribution in [-0.2, 0) is 4.79 Å². The van der Waals surface area contributed by atoms with Crippen LogP contribution < -0.4 is 5.32 Å². The maximum atomic E-state index is 13.5. The minimum absolute atomic E-state index is 0.150. The summed E-state index contributed by atoms with van der Waals surface area (Å²) in [6, 6.07) is 14.1. The van der Waals surface area contributed by atoms with E-state index in [1.165, 1.54) is 23.9 Å². The molecule has 0 saturated carbocycles. The Hall–Kier alpha value is -2.60. The molecule has 4 nitrogen and oxygen atoms in total. The van der Waals surface area contributed by atoms with E-state index in [4.69, 9.17) is 0 Å². The summed E-state index contributed by atoms with van der Waals surface area (Å²) in [6.45, 7) is 2.02. The number of hydrogen-bond donors (Lipinski definition) is 1. The second-order valence-electron chi connectivity index (χ2n) is 5.24. The van der Waals surface area contributed by atoms with Gasteiger partial charge in [0.1, 0.15) is 5.82 Å². The van der Waals surface area contributed by atoms with Gasteiger partial charge < -0.3 is 5.32 Å². The van der Waals surface area contributed by atoms with Gasteiger partial charge in [0, 0.05) is 18.1 Å². The second kappa shape index (κ2) is 7.31. The molecule has 1 aromatic heterocycles. The summed E-state index contributed by atoms with van der Waals surface area (Å²) in [5, 5.41) is 3.28. The number of anilines is 1. The van der Waals surface area contributed by atoms with Gasteiger partial charge in [0.15, 0.2) is 5.16 Å². The molecule has 1 heterocycles. The number of carbonyl (C=O) groups excluding carboxylic acids is 1. The lowest BCUT2D eigenvalue weighted by atomic mass is 10.2. The van der Waals surface area contributed by atoms with Crippen molar-refractivity contribution in [2.24, 2.45) is 0 Å². The highest BCUT2D eigenvalue weighted by Crippen LogP contribution is 2.21. The molecule has 1 amide bonds. The summed E-state index contributed by atoms with van der Waals surface area (Å²) in [7, 11) is 0. The molecule has 0 bridgehead atoms. The Morgan fingerprint density at radius 3 is 2.88 bits per heavy atom. The molecule has 6 heteroatoms. The Labute approximate surface area is 143 Å². The van der Waals surface area contributed by atoms with E-state index in [0.29, 0.717) is 5.16 Å². The molecule has 122 valence electrons. The SMILES string of the molecule is Cc1cccc(-n2ccnc2SCC(=O)Nc2ccccc2F)c1. The van der Waals surface area contributed by atoms with Crippen LogP contribution in [0, 0.1) is 12.7 Å². The summed E-state index contributed by atoms with van der Waals surface area (Å²) in [6.07, 6.45) is 3.55. The quantitative estimate of drug-likeness (QED) is 0.712. The molecule has 0 fully saturated rings. The van der Waals surface area contributed by atoms with Gasteiger partial charge in [0.05, 0.1) is 11.4 Å². The summed E-state index contributed by atoms with van der Waals surface area (Å²) >= 11 is 1.30. The van der Waals surface area contributed by atoms with Crippen molar-refractivity contribution in [1.82, 2.24) is 9.55 Å². The van der Waals surface area contributed by atoms with Crippen molar-refractivity contribution in [2.75, 3.05) is 11.1 Å². The molecule has 3 rings (SSSR count). The van der Waals surface area contributed by atoms with Gasteiger partial charge in [-0.2, -0.15) is 0 Å². The van der Waals surface area contributed by atoms with Crippen LogP contribution in [0.4, 0.5) is 10.1 Å². The number of nitrogens with zero attached hydrogens (tertiary/aromatic N) is 2. The van der Waals surface area contributed by atoms with Crippen LogP contribution in [0.2, 0.25) is 0 Å². The Kier molecular flexibility index (Phi) is 4.96. The highest BCUT2D eigenvalue weighted by atomic mass is 32.2. The van der Waals surface area contributed by atoms with Gasteiger partial charge >= 0.3 is 0 Å². The van der Waals surface area contributed by atoms with Crippen molar-refractivity contribution in [1.29, 1.82) is 0 Å². The van der Waals surface area contributed by atoms with Gasteiger partial charge in [0.2, 0.25) is 5.91 Å². The number of imidazole rings is 1. The number of nitrogens with one attached hydrogen (secondary N) is 1. The van der Waals surface area contributed by atoms with Crippen molar-refractivity contribution in [3.05, 3.63) is 72.3 Å². The summed E-state index contributed by atoms with van der Waals surface area (Å²) < 4.78 is 15.5. The van der Waals surface area contributed by atoms with E-state index in [1.807, 2.05) is 42.0 Å². The normalized spacial score (nSPS) is 10.6. The first-order chi connectivity index (χ1) is 11.6. The number of thioether (sulfide) groups is 1. The van der Waals surface area contributed by atoms with Crippen LogP contribution in [0.25, 0.3) is 5.69 Å². The smallest absolute Gasteiger partial charge is 0.234 e. The monoisotopic (exact) mass is 341 g/mol. The number of rotatable bonds is 5.